The zero-order chi connectivity index (χ0) is 33.9. The van der Waals surface area contributed by atoms with Crippen LogP contribution >= 0.6 is 0 Å². The molecule has 5 aliphatic carbocycles. The van der Waals surface area contributed by atoms with Crippen LogP contribution in [0.5, 0.6) is 0 Å². The quantitative estimate of drug-likeness (QED) is 0.235. The van der Waals surface area contributed by atoms with E-state index in [1.54, 1.807) is 0 Å². The zero-order valence-corrected chi connectivity index (χ0v) is 31.0. The van der Waals surface area contributed by atoms with Gasteiger partial charge in [0.2, 0.25) is 5.91 Å². The Kier molecular flexibility index (Phi) is 9.79. The van der Waals surface area contributed by atoms with Crippen LogP contribution in [0, 0.1) is 62.6 Å². The van der Waals surface area contributed by atoms with Crippen LogP contribution in [0.15, 0.2) is 0 Å². The van der Waals surface area contributed by atoms with Gasteiger partial charge in [0.25, 0.3) is 0 Å². The molecular weight excluding hydrogens is 576 g/mol. The van der Waals surface area contributed by atoms with Gasteiger partial charge in [-0.25, -0.2) is 4.79 Å². The number of fused-ring (bicyclic) bond motifs is 7. The van der Waals surface area contributed by atoms with Crippen molar-refractivity contribution < 1.29 is 24.2 Å². The highest BCUT2D eigenvalue weighted by molar-refractivity contribution is 5.83. The van der Waals surface area contributed by atoms with Crippen molar-refractivity contribution in [2.75, 3.05) is 26.3 Å². The van der Waals surface area contributed by atoms with Crippen LogP contribution in [0.3, 0.4) is 0 Å². The number of hydrogen-bond acceptors (Lipinski definition) is 5. The van der Waals surface area contributed by atoms with E-state index < -0.39 is 11.7 Å². The third-order valence-electron chi connectivity index (χ3n) is 15.2. The number of aliphatic hydroxyl groups is 1. The van der Waals surface area contributed by atoms with Crippen LogP contribution in [-0.4, -0.2) is 55.1 Å². The lowest BCUT2D eigenvalue weighted by Crippen LogP contribution is -2.67. The molecule has 0 bridgehead atoms. The maximum absolute atomic E-state index is 14.3. The molecule has 5 aliphatic rings. The molecule has 0 aliphatic heterocycles. The molecule has 5 rings (SSSR count). The van der Waals surface area contributed by atoms with Gasteiger partial charge >= 0.3 is 6.09 Å². The summed E-state index contributed by atoms with van der Waals surface area (Å²) in [7, 11) is 0. The Balaban J connectivity index is 1.27. The fourth-order valence-corrected chi connectivity index (χ4v) is 12.8. The van der Waals surface area contributed by atoms with Gasteiger partial charge in [-0.1, -0.05) is 48.5 Å². The Bertz CT molecular complexity index is 1130. The number of carbonyl (C=O) groups is 2. The highest BCUT2D eigenvalue weighted by Gasteiger charge is 2.71. The van der Waals surface area contributed by atoms with Crippen LogP contribution in [0.2, 0.25) is 0 Å². The van der Waals surface area contributed by atoms with Gasteiger partial charge in [0.05, 0.1) is 24.7 Å². The van der Waals surface area contributed by atoms with Crippen molar-refractivity contribution in [1.29, 1.82) is 0 Å². The third kappa shape index (κ3) is 5.83. The first kappa shape index (κ1) is 36.0. The third-order valence-corrected chi connectivity index (χ3v) is 15.2. The molecular formula is C39H68N2O5. The maximum Gasteiger partial charge on any atom is 0.407 e. The monoisotopic (exact) mass is 645 g/mol. The van der Waals surface area contributed by atoms with E-state index in [9.17, 15) is 14.7 Å². The normalized spacial score (nSPS) is 43.1. The van der Waals surface area contributed by atoms with Crippen molar-refractivity contribution in [2.24, 2.45) is 62.6 Å². The lowest BCUT2D eigenvalue weighted by atomic mass is 9.32. The minimum Gasteiger partial charge on any atom is -0.444 e. The lowest BCUT2D eigenvalue weighted by molar-refractivity contribution is -0.248. The fraction of sp³-hybridized carbons (Fsp3) is 0.949. The van der Waals surface area contributed by atoms with Gasteiger partial charge in [-0.05, 0) is 142 Å². The first-order chi connectivity index (χ1) is 21.3. The largest absolute Gasteiger partial charge is 0.444 e. The van der Waals surface area contributed by atoms with E-state index in [0.29, 0.717) is 61.8 Å². The first-order valence-electron chi connectivity index (χ1n) is 18.8. The molecule has 2 amide bonds. The number of aliphatic hydroxyl groups excluding tert-OH is 1. The van der Waals surface area contributed by atoms with Crippen molar-refractivity contribution in [3.63, 3.8) is 0 Å². The van der Waals surface area contributed by atoms with Gasteiger partial charge in [-0.2, -0.15) is 0 Å². The molecule has 5 saturated carbocycles. The molecule has 0 radical (unpaired) electrons. The Morgan fingerprint density at radius 2 is 1.48 bits per heavy atom. The topological polar surface area (TPSA) is 96.9 Å². The van der Waals surface area contributed by atoms with Crippen molar-refractivity contribution >= 4 is 12.0 Å². The number of hydrogen-bond donors (Lipinski definition) is 3. The van der Waals surface area contributed by atoms with E-state index in [-0.39, 0.29) is 39.1 Å². The Labute approximate surface area is 280 Å². The van der Waals surface area contributed by atoms with Crippen LogP contribution in [0.4, 0.5) is 4.79 Å². The van der Waals surface area contributed by atoms with E-state index >= 15 is 0 Å². The summed E-state index contributed by atoms with van der Waals surface area (Å²) >= 11 is 0. The lowest BCUT2D eigenvalue weighted by Gasteiger charge is -2.73. The SMILES string of the molecule is CC(C)[C@@H]1CC[C@]2(C(=O)NCCOCCNC(=O)OC(C)(C)C)CC[C@]3(C)C(CC[C@@H]4[C@@]5(C)CC[C@H](O)C(C)(C)[C@@H]5CC[C@]43C)[C@H]12. The molecule has 1 unspecified atom stereocenters. The maximum atomic E-state index is 14.3. The minimum absolute atomic E-state index is 0.0294. The van der Waals surface area contributed by atoms with Gasteiger partial charge in [-0.15, -0.1) is 0 Å². The fourth-order valence-electron chi connectivity index (χ4n) is 12.8. The number of amides is 2. The van der Waals surface area contributed by atoms with Gasteiger partial charge in [-0.3, -0.25) is 4.79 Å². The molecule has 5 fully saturated rings. The molecule has 0 aromatic rings. The molecule has 3 N–H and O–H groups in total. The number of nitrogens with one attached hydrogen (secondary N) is 2. The number of rotatable bonds is 8. The van der Waals surface area contributed by atoms with Crippen molar-refractivity contribution in [3.8, 4) is 0 Å². The molecule has 0 heterocycles. The van der Waals surface area contributed by atoms with Crippen LogP contribution in [-0.2, 0) is 14.3 Å². The van der Waals surface area contributed by atoms with Gasteiger partial charge in [0.15, 0.2) is 0 Å². The highest BCUT2D eigenvalue weighted by atomic mass is 16.6. The van der Waals surface area contributed by atoms with E-state index in [1.165, 1.54) is 25.7 Å². The second-order valence-electron chi connectivity index (χ2n) is 19.0. The molecule has 10 atom stereocenters. The standard InChI is InChI=1S/C39H68N2O5/c1-25(2)26-13-18-39(32(43)40-21-23-45-24-22-41-33(44)46-34(3,4)5)20-19-37(9)27(31(26)39)11-12-29-36(8)16-15-30(42)35(6,7)28(36)14-17-38(29,37)10/h25-31,42H,11-24H2,1-10H3,(H,40,43)(H,41,44)/t26-,27?,28-,29+,30-,31-,36-,37+,38+,39-/m0/s1. The average molecular weight is 645 g/mol. The Morgan fingerprint density at radius 1 is 0.804 bits per heavy atom. The van der Waals surface area contributed by atoms with E-state index in [1.807, 2.05) is 20.8 Å². The summed E-state index contributed by atoms with van der Waals surface area (Å²) in [6.07, 6.45) is 10.7. The molecule has 0 aromatic carbocycles. The smallest absolute Gasteiger partial charge is 0.407 e. The summed E-state index contributed by atoms with van der Waals surface area (Å²) in [5.74, 6) is 3.65. The molecule has 46 heavy (non-hydrogen) atoms. The first-order valence-corrected chi connectivity index (χ1v) is 18.8. The van der Waals surface area contributed by atoms with E-state index in [2.05, 4.69) is 59.1 Å². The summed E-state index contributed by atoms with van der Waals surface area (Å²) in [5, 5.41) is 17.1. The van der Waals surface area contributed by atoms with Crippen LogP contribution in [0.25, 0.3) is 0 Å². The number of ether oxygens (including phenoxy) is 2. The molecule has 7 heteroatoms. The second kappa shape index (κ2) is 12.5. The summed E-state index contributed by atoms with van der Waals surface area (Å²) in [5.41, 5.74) is -0.0838. The highest BCUT2D eigenvalue weighted by Crippen LogP contribution is 2.77. The number of alkyl carbamates (subject to hydrolysis) is 1. The molecule has 0 spiro atoms. The molecule has 7 nitrogen and oxygen atoms in total. The van der Waals surface area contributed by atoms with Crippen molar-refractivity contribution in [3.05, 3.63) is 0 Å². The summed E-state index contributed by atoms with van der Waals surface area (Å²) < 4.78 is 11.0. The molecule has 0 saturated heterocycles. The second-order valence-corrected chi connectivity index (χ2v) is 19.0. The number of carbonyl (C=O) groups excluding carboxylic acids is 2. The predicted molar refractivity (Wildman–Crippen MR) is 183 cm³/mol. The zero-order valence-electron chi connectivity index (χ0n) is 31.0. The summed E-state index contributed by atoms with van der Waals surface area (Å²) in [6.45, 7) is 24.6. The molecule has 0 aromatic heterocycles. The summed E-state index contributed by atoms with van der Waals surface area (Å²) in [4.78, 5) is 26.2. The van der Waals surface area contributed by atoms with Gasteiger partial charge in [0, 0.05) is 13.1 Å². The van der Waals surface area contributed by atoms with E-state index in [4.69, 9.17) is 9.47 Å². The Hall–Kier alpha value is -1.34. The van der Waals surface area contributed by atoms with Crippen molar-refractivity contribution in [2.45, 2.75) is 145 Å². The van der Waals surface area contributed by atoms with Gasteiger partial charge < -0.3 is 25.2 Å². The minimum atomic E-state index is -0.524. The predicted octanol–water partition coefficient (Wildman–Crippen LogP) is 7.74. The summed E-state index contributed by atoms with van der Waals surface area (Å²) in [6, 6.07) is 0. The van der Waals surface area contributed by atoms with Crippen LogP contribution in [0.1, 0.15) is 133 Å². The van der Waals surface area contributed by atoms with Crippen LogP contribution < -0.4 is 10.6 Å². The van der Waals surface area contributed by atoms with Gasteiger partial charge in [0.1, 0.15) is 5.60 Å². The van der Waals surface area contributed by atoms with Crippen molar-refractivity contribution in [1.82, 2.24) is 10.6 Å². The molecule has 264 valence electrons. The average Bonchev–Trinajstić information content (AvgIpc) is 3.35. The van der Waals surface area contributed by atoms with E-state index in [0.717, 1.165) is 38.5 Å². The Morgan fingerprint density at radius 3 is 2.13 bits per heavy atom.